The Morgan fingerprint density at radius 2 is 1.72 bits per heavy atom. The molecule has 1 N–H and O–H groups in total. The van der Waals surface area contributed by atoms with Crippen molar-refractivity contribution in [2.45, 2.75) is 13.1 Å². The van der Waals surface area contributed by atoms with Gasteiger partial charge in [0, 0.05) is 30.1 Å². The first-order chi connectivity index (χ1) is 15.3. The van der Waals surface area contributed by atoms with E-state index in [2.05, 4.69) is 0 Å². The Bertz CT molecular complexity index is 1360. The molecule has 32 heavy (non-hydrogen) atoms. The maximum Gasteiger partial charge on any atom is 0.409 e. The largest absolute Gasteiger partial charge is 0.477 e. The van der Waals surface area contributed by atoms with Crippen molar-refractivity contribution in [3.63, 3.8) is 0 Å². The minimum Gasteiger partial charge on any atom is -0.477 e. The van der Waals surface area contributed by atoms with Crippen LogP contribution in [0.15, 0.2) is 54.6 Å². The van der Waals surface area contributed by atoms with Gasteiger partial charge in [-0.05, 0) is 46.7 Å². The topological polar surface area (TPSA) is 71.8 Å². The van der Waals surface area contributed by atoms with E-state index in [0.29, 0.717) is 21.9 Å². The minimum absolute atomic E-state index is 0.0743. The van der Waals surface area contributed by atoms with Crippen LogP contribution in [0.1, 0.15) is 21.6 Å². The highest BCUT2D eigenvalue weighted by atomic mass is 19.1. The summed E-state index contributed by atoms with van der Waals surface area (Å²) in [4.78, 5) is 25.4. The van der Waals surface area contributed by atoms with Crippen LogP contribution in [0.5, 0.6) is 0 Å². The Morgan fingerprint density at radius 3 is 2.41 bits per heavy atom. The van der Waals surface area contributed by atoms with E-state index in [1.165, 1.54) is 49.4 Å². The lowest BCUT2D eigenvalue weighted by Gasteiger charge is -2.16. The monoisotopic (exact) mass is 438 g/mol. The first-order valence-electron chi connectivity index (χ1n) is 9.80. The van der Waals surface area contributed by atoms with Gasteiger partial charge in [-0.3, -0.25) is 0 Å². The molecule has 6 nitrogen and oxygen atoms in total. The lowest BCUT2D eigenvalue weighted by molar-refractivity contribution is 0.0682. The van der Waals surface area contributed by atoms with Gasteiger partial charge in [0.15, 0.2) is 0 Å². The van der Waals surface area contributed by atoms with Crippen LogP contribution in [0.2, 0.25) is 0 Å². The van der Waals surface area contributed by atoms with E-state index in [9.17, 15) is 23.5 Å². The zero-order valence-corrected chi connectivity index (χ0v) is 17.4. The molecular weight excluding hydrogens is 418 g/mol. The molecule has 1 aromatic heterocycles. The first-order valence-corrected chi connectivity index (χ1v) is 9.80. The molecule has 0 bridgehead atoms. The van der Waals surface area contributed by atoms with Crippen LogP contribution in [0.3, 0.4) is 0 Å². The molecule has 4 rings (SSSR count). The van der Waals surface area contributed by atoms with Gasteiger partial charge in [-0.15, -0.1) is 0 Å². The van der Waals surface area contributed by atoms with Crippen LogP contribution in [-0.2, 0) is 17.8 Å². The average molecular weight is 438 g/mol. The normalized spacial score (nSPS) is 11.1. The minimum atomic E-state index is -1.22. The molecule has 8 heteroatoms. The summed E-state index contributed by atoms with van der Waals surface area (Å²) in [6.45, 7) is 0.0257. The molecule has 0 radical (unpaired) electrons. The second-order valence-electron chi connectivity index (χ2n) is 7.49. The van der Waals surface area contributed by atoms with Gasteiger partial charge in [0.2, 0.25) is 0 Å². The lowest BCUT2D eigenvalue weighted by atomic mass is 10.0. The quantitative estimate of drug-likeness (QED) is 0.475. The van der Waals surface area contributed by atoms with Crippen molar-refractivity contribution in [3.05, 3.63) is 83.1 Å². The molecular formula is C24H20F2N2O4. The predicted molar refractivity (Wildman–Crippen MR) is 116 cm³/mol. The maximum absolute atomic E-state index is 14.1. The Hall–Kier alpha value is -3.94. The molecule has 0 aliphatic heterocycles. The van der Waals surface area contributed by atoms with Crippen molar-refractivity contribution in [2.75, 3.05) is 14.2 Å². The van der Waals surface area contributed by atoms with Gasteiger partial charge >= 0.3 is 12.1 Å². The predicted octanol–water partition coefficient (Wildman–Crippen LogP) is 5.02. The van der Waals surface area contributed by atoms with Gasteiger partial charge < -0.3 is 19.3 Å². The third-order valence-corrected chi connectivity index (χ3v) is 5.48. The second kappa shape index (κ2) is 8.30. The molecule has 0 aliphatic rings. The van der Waals surface area contributed by atoms with Crippen LogP contribution in [0.25, 0.3) is 21.7 Å². The van der Waals surface area contributed by atoms with E-state index in [1.54, 1.807) is 16.7 Å². The molecule has 0 spiro atoms. The van der Waals surface area contributed by atoms with Crippen molar-refractivity contribution in [1.29, 1.82) is 0 Å². The summed E-state index contributed by atoms with van der Waals surface area (Å²) in [5.41, 5.74) is 1.41. The molecule has 0 saturated heterocycles. The van der Waals surface area contributed by atoms with E-state index in [1.807, 2.05) is 12.1 Å². The Morgan fingerprint density at radius 1 is 1.03 bits per heavy atom. The number of rotatable bonds is 5. The number of aromatic carboxylic acids is 1. The molecule has 0 unspecified atom stereocenters. The smallest absolute Gasteiger partial charge is 0.409 e. The number of aromatic nitrogens is 1. The molecule has 164 valence electrons. The summed E-state index contributed by atoms with van der Waals surface area (Å²) in [7, 11) is 2.69. The van der Waals surface area contributed by atoms with Gasteiger partial charge in [-0.2, -0.15) is 0 Å². The maximum atomic E-state index is 14.1. The van der Waals surface area contributed by atoms with Crippen molar-refractivity contribution in [3.8, 4) is 0 Å². The highest BCUT2D eigenvalue weighted by Gasteiger charge is 2.25. The van der Waals surface area contributed by atoms with Crippen LogP contribution < -0.4 is 0 Å². The van der Waals surface area contributed by atoms with Crippen LogP contribution in [-0.4, -0.2) is 40.8 Å². The Labute approximate surface area is 182 Å². The number of halogens is 2. The number of methoxy groups -OCH3 is 1. The fraction of sp³-hybridized carbons (Fsp3) is 0.167. The number of carbonyl (C=O) groups is 2. The number of carboxylic acid groups (broad SMARTS) is 1. The molecule has 4 aromatic rings. The number of amides is 1. The molecule has 0 fully saturated rings. The van der Waals surface area contributed by atoms with Gasteiger partial charge in [0.25, 0.3) is 0 Å². The van der Waals surface area contributed by atoms with E-state index >= 15 is 0 Å². The fourth-order valence-electron chi connectivity index (χ4n) is 4.04. The van der Waals surface area contributed by atoms with Gasteiger partial charge in [0.05, 0.1) is 13.7 Å². The third kappa shape index (κ3) is 3.75. The summed E-state index contributed by atoms with van der Waals surface area (Å²) >= 11 is 0. The van der Waals surface area contributed by atoms with E-state index < -0.39 is 23.7 Å². The van der Waals surface area contributed by atoms with E-state index in [4.69, 9.17) is 4.74 Å². The number of carbonyl (C=O) groups excluding carboxylic acids is 1. The van der Waals surface area contributed by atoms with Crippen molar-refractivity contribution >= 4 is 33.7 Å². The number of fused-ring (bicyclic) bond motifs is 2. The lowest BCUT2D eigenvalue weighted by Crippen LogP contribution is -2.27. The SMILES string of the molecule is COC(=O)N(C)Cc1c(C(=O)O)n(Cc2cccc3ccc(F)cc23)c2ccc(F)cc12. The van der Waals surface area contributed by atoms with E-state index in [0.717, 1.165) is 5.39 Å². The van der Waals surface area contributed by atoms with Crippen LogP contribution in [0.4, 0.5) is 13.6 Å². The fourth-order valence-corrected chi connectivity index (χ4v) is 4.04. The molecule has 1 amide bonds. The standard InChI is InChI=1S/C24H20F2N2O4/c1-27(24(31)32-2)13-20-19-11-17(26)8-9-21(19)28(22(20)23(29)30)12-15-5-3-4-14-6-7-16(25)10-18(14)15/h3-11H,12-13H2,1-2H3,(H,29,30). The molecule has 0 atom stereocenters. The molecule has 0 saturated carbocycles. The van der Waals surface area contributed by atoms with Crippen LogP contribution >= 0.6 is 0 Å². The van der Waals surface area contributed by atoms with Gasteiger partial charge in [-0.1, -0.05) is 24.3 Å². The first kappa shape index (κ1) is 21.3. The number of hydrogen-bond donors (Lipinski definition) is 1. The summed E-state index contributed by atoms with van der Waals surface area (Å²) < 4.78 is 34.3. The number of carboxylic acids is 1. The van der Waals surface area contributed by atoms with Crippen molar-refractivity contribution < 1.29 is 28.2 Å². The zero-order chi connectivity index (χ0) is 23.0. The van der Waals surface area contributed by atoms with Crippen molar-refractivity contribution in [2.24, 2.45) is 0 Å². The molecule has 3 aromatic carbocycles. The second-order valence-corrected chi connectivity index (χ2v) is 7.49. The zero-order valence-electron chi connectivity index (χ0n) is 17.4. The average Bonchev–Trinajstić information content (AvgIpc) is 3.05. The Balaban J connectivity index is 1.94. The van der Waals surface area contributed by atoms with Crippen LogP contribution in [0, 0.1) is 11.6 Å². The summed E-state index contributed by atoms with van der Waals surface area (Å²) in [5, 5.41) is 11.9. The summed E-state index contributed by atoms with van der Waals surface area (Å²) in [5.74, 6) is -2.15. The number of hydrogen-bond acceptors (Lipinski definition) is 3. The van der Waals surface area contributed by atoms with Gasteiger partial charge in [-0.25, -0.2) is 18.4 Å². The molecule has 0 aliphatic carbocycles. The highest BCUT2D eigenvalue weighted by Crippen LogP contribution is 2.31. The number of benzene rings is 3. The summed E-state index contributed by atoms with van der Waals surface area (Å²) in [6, 6.07) is 13.9. The van der Waals surface area contributed by atoms with Crippen molar-refractivity contribution in [1.82, 2.24) is 9.47 Å². The summed E-state index contributed by atoms with van der Waals surface area (Å²) in [6.07, 6.45) is -0.650. The third-order valence-electron chi connectivity index (χ3n) is 5.48. The van der Waals surface area contributed by atoms with Gasteiger partial charge in [0.1, 0.15) is 17.3 Å². The number of ether oxygens (including phenoxy) is 1. The number of nitrogens with zero attached hydrogens (tertiary/aromatic N) is 2. The Kier molecular flexibility index (Phi) is 5.52. The molecule has 1 heterocycles. The highest BCUT2D eigenvalue weighted by molar-refractivity contribution is 5.99. The van der Waals surface area contributed by atoms with E-state index in [-0.39, 0.29) is 24.3 Å².